The molecule has 0 aliphatic rings. The van der Waals surface area contributed by atoms with Crippen molar-refractivity contribution in [3.8, 4) is 5.75 Å². The molecule has 0 heterocycles. The van der Waals surface area contributed by atoms with Crippen molar-refractivity contribution in [3.63, 3.8) is 0 Å². The van der Waals surface area contributed by atoms with Crippen molar-refractivity contribution < 1.29 is 19.2 Å². The zero-order valence-corrected chi connectivity index (χ0v) is 18.3. The summed E-state index contributed by atoms with van der Waals surface area (Å²) >= 11 is 0. The Bertz CT molecular complexity index is 1220. The van der Waals surface area contributed by atoms with Crippen molar-refractivity contribution in [2.24, 2.45) is 5.10 Å². The molecule has 2 amide bonds. The van der Waals surface area contributed by atoms with Gasteiger partial charge in [-0.05, 0) is 67.9 Å². The van der Waals surface area contributed by atoms with E-state index in [2.05, 4.69) is 15.8 Å². The fourth-order valence-electron chi connectivity index (χ4n) is 3.01. The van der Waals surface area contributed by atoms with E-state index in [1.165, 1.54) is 18.2 Å². The third kappa shape index (κ3) is 5.79. The lowest BCUT2D eigenvalue weighted by Crippen LogP contribution is -2.19. The summed E-state index contributed by atoms with van der Waals surface area (Å²) in [7, 11) is 1.56. The number of methoxy groups -OCH3 is 1. The fourth-order valence-corrected chi connectivity index (χ4v) is 3.01. The quantitative estimate of drug-likeness (QED) is 0.318. The number of nitrogens with zero attached hydrogens (tertiary/aromatic N) is 2. The Kier molecular flexibility index (Phi) is 7.14. The summed E-state index contributed by atoms with van der Waals surface area (Å²) in [6, 6.07) is 17.9. The molecule has 0 saturated carbocycles. The van der Waals surface area contributed by atoms with Crippen LogP contribution in [0.3, 0.4) is 0 Å². The van der Waals surface area contributed by atoms with Crippen LogP contribution in [0.1, 0.15) is 38.8 Å². The second-order valence-electron chi connectivity index (χ2n) is 7.16. The second-order valence-corrected chi connectivity index (χ2v) is 7.16. The molecule has 0 atom stereocenters. The lowest BCUT2D eigenvalue weighted by atomic mass is 10.1. The molecule has 2 N–H and O–H groups in total. The summed E-state index contributed by atoms with van der Waals surface area (Å²) in [5.74, 6) is -0.0568. The van der Waals surface area contributed by atoms with E-state index in [4.69, 9.17) is 4.74 Å². The van der Waals surface area contributed by atoms with Gasteiger partial charge in [-0.15, -0.1) is 0 Å². The van der Waals surface area contributed by atoms with Gasteiger partial charge in [0.1, 0.15) is 5.75 Å². The van der Waals surface area contributed by atoms with Crippen LogP contribution in [0.4, 0.5) is 11.4 Å². The number of hydrazone groups is 1. The van der Waals surface area contributed by atoms with Gasteiger partial charge in [0.2, 0.25) is 0 Å². The number of amides is 2. The minimum absolute atomic E-state index is 0.0506. The van der Waals surface area contributed by atoms with E-state index >= 15 is 0 Å². The van der Waals surface area contributed by atoms with Gasteiger partial charge in [-0.1, -0.05) is 12.1 Å². The van der Waals surface area contributed by atoms with Gasteiger partial charge in [0.15, 0.2) is 0 Å². The van der Waals surface area contributed by atoms with Gasteiger partial charge in [0, 0.05) is 28.4 Å². The minimum Gasteiger partial charge on any atom is -0.497 e. The van der Waals surface area contributed by atoms with E-state index in [1.807, 2.05) is 0 Å². The highest BCUT2D eigenvalue weighted by atomic mass is 16.6. The number of carbonyl (C=O) groups excluding carboxylic acids is 2. The Labute approximate surface area is 190 Å². The Morgan fingerprint density at radius 2 is 1.52 bits per heavy atom. The van der Waals surface area contributed by atoms with Crippen molar-refractivity contribution in [2.45, 2.75) is 13.8 Å². The van der Waals surface area contributed by atoms with Gasteiger partial charge in [0.05, 0.1) is 17.7 Å². The lowest BCUT2D eigenvalue weighted by Gasteiger charge is -2.08. The first kappa shape index (κ1) is 23.1. The number of rotatable bonds is 7. The van der Waals surface area contributed by atoms with E-state index in [1.54, 1.807) is 69.5 Å². The van der Waals surface area contributed by atoms with Gasteiger partial charge in [-0.25, -0.2) is 5.43 Å². The van der Waals surface area contributed by atoms with Crippen LogP contribution in [0.15, 0.2) is 71.8 Å². The number of benzene rings is 3. The highest BCUT2D eigenvalue weighted by Crippen LogP contribution is 2.19. The molecule has 168 valence electrons. The monoisotopic (exact) mass is 446 g/mol. The third-order valence-corrected chi connectivity index (χ3v) is 4.89. The van der Waals surface area contributed by atoms with Crippen LogP contribution >= 0.6 is 0 Å². The fraction of sp³-hybridized carbons (Fsp3) is 0.125. The Morgan fingerprint density at radius 3 is 2.09 bits per heavy atom. The molecule has 0 aliphatic heterocycles. The maximum atomic E-state index is 12.4. The Balaban J connectivity index is 1.62. The van der Waals surface area contributed by atoms with Crippen LogP contribution in [0.2, 0.25) is 0 Å². The van der Waals surface area contributed by atoms with Crippen LogP contribution in [0, 0.1) is 17.0 Å². The molecule has 0 aromatic heterocycles. The zero-order chi connectivity index (χ0) is 24.0. The number of nitro benzene ring substituents is 1. The number of aryl methyl sites for hydroxylation is 1. The molecule has 0 unspecified atom stereocenters. The van der Waals surface area contributed by atoms with Gasteiger partial charge in [-0.2, -0.15) is 5.10 Å². The summed E-state index contributed by atoms with van der Waals surface area (Å²) in [5.41, 5.74) is 5.47. The number of nitro groups is 1. The molecule has 9 nitrogen and oxygen atoms in total. The second kappa shape index (κ2) is 10.2. The molecule has 3 aromatic rings. The van der Waals surface area contributed by atoms with Crippen molar-refractivity contribution >= 4 is 28.9 Å². The van der Waals surface area contributed by atoms with E-state index in [0.717, 1.165) is 5.56 Å². The molecular weight excluding hydrogens is 424 g/mol. The third-order valence-electron chi connectivity index (χ3n) is 4.89. The number of ether oxygens (including phenoxy) is 1. The molecule has 33 heavy (non-hydrogen) atoms. The predicted octanol–water partition coefficient (Wildman–Crippen LogP) is 4.32. The first-order chi connectivity index (χ1) is 15.8. The molecule has 3 rings (SSSR count). The molecular formula is C24H22N4O5. The van der Waals surface area contributed by atoms with Crippen LogP contribution in [0.5, 0.6) is 5.75 Å². The molecule has 0 bridgehead atoms. The molecule has 0 radical (unpaired) electrons. The van der Waals surface area contributed by atoms with E-state index < -0.39 is 10.8 Å². The predicted molar refractivity (Wildman–Crippen MR) is 125 cm³/mol. The first-order valence-corrected chi connectivity index (χ1v) is 9.94. The van der Waals surface area contributed by atoms with Crippen molar-refractivity contribution in [3.05, 3.63) is 99.1 Å². The van der Waals surface area contributed by atoms with Gasteiger partial charge in [0.25, 0.3) is 17.5 Å². The molecule has 9 heteroatoms. The number of carbonyl (C=O) groups is 2. The number of nitrogens with one attached hydrogen (secondary N) is 2. The van der Waals surface area contributed by atoms with Crippen molar-refractivity contribution in [1.29, 1.82) is 0 Å². The number of anilines is 1. The van der Waals surface area contributed by atoms with Crippen LogP contribution in [-0.4, -0.2) is 29.6 Å². The first-order valence-electron chi connectivity index (χ1n) is 9.94. The van der Waals surface area contributed by atoms with Crippen LogP contribution in [-0.2, 0) is 0 Å². The molecule has 0 aliphatic carbocycles. The number of hydrogen-bond acceptors (Lipinski definition) is 6. The lowest BCUT2D eigenvalue weighted by molar-refractivity contribution is -0.385. The maximum Gasteiger partial charge on any atom is 0.272 e. The van der Waals surface area contributed by atoms with Crippen LogP contribution < -0.4 is 15.5 Å². The largest absolute Gasteiger partial charge is 0.497 e. The molecule has 0 spiro atoms. The molecule has 0 saturated heterocycles. The van der Waals surface area contributed by atoms with Gasteiger partial charge < -0.3 is 10.1 Å². The summed E-state index contributed by atoms with van der Waals surface area (Å²) in [5, 5.41) is 17.8. The summed E-state index contributed by atoms with van der Waals surface area (Å²) in [6.07, 6.45) is 0. The van der Waals surface area contributed by atoms with E-state index in [9.17, 15) is 19.7 Å². The summed E-state index contributed by atoms with van der Waals surface area (Å²) in [4.78, 5) is 35.1. The van der Waals surface area contributed by atoms with Crippen LogP contribution in [0.25, 0.3) is 0 Å². The maximum absolute atomic E-state index is 12.4. The van der Waals surface area contributed by atoms with Gasteiger partial charge in [-0.3, -0.25) is 19.7 Å². The Hall–Kier alpha value is -4.53. The summed E-state index contributed by atoms with van der Waals surface area (Å²) in [6.45, 7) is 3.30. The molecule has 3 aromatic carbocycles. The van der Waals surface area contributed by atoms with E-state index in [-0.39, 0.29) is 17.2 Å². The normalized spacial score (nSPS) is 10.9. The number of hydrogen-bond donors (Lipinski definition) is 2. The van der Waals surface area contributed by atoms with Gasteiger partial charge >= 0.3 is 0 Å². The molecule has 0 fully saturated rings. The Morgan fingerprint density at radius 1 is 0.909 bits per heavy atom. The highest BCUT2D eigenvalue weighted by molar-refractivity contribution is 6.05. The average Bonchev–Trinajstić information content (AvgIpc) is 2.82. The minimum atomic E-state index is -0.498. The zero-order valence-electron chi connectivity index (χ0n) is 18.3. The highest BCUT2D eigenvalue weighted by Gasteiger charge is 2.13. The topological polar surface area (TPSA) is 123 Å². The van der Waals surface area contributed by atoms with Crippen molar-refractivity contribution in [1.82, 2.24) is 5.43 Å². The standard InChI is InChI=1S/C24H22N4O5/c1-15-14-19(8-13-22(15)28(31)32)24(30)27-26-16(2)17-4-9-20(10-5-17)25-23(29)18-6-11-21(33-3)12-7-18/h4-14H,1-3H3,(H,25,29)(H,27,30). The average molecular weight is 446 g/mol. The van der Waals surface area contributed by atoms with Crippen molar-refractivity contribution in [2.75, 3.05) is 12.4 Å². The summed E-state index contributed by atoms with van der Waals surface area (Å²) < 4.78 is 5.09. The SMILES string of the molecule is COc1ccc(C(=O)Nc2ccc(C(C)=NNC(=O)c3ccc([N+](=O)[O-])c(C)c3)cc2)cc1. The smallest absolute Gasteiger partial charge is 0.272 e. The van der Waals surface area contributed by atoms with E-state index in [0.29, 0.717) is 28.3 Å².